The normalized spacial score (nSPS) is 12.0. The van der Waals surface area contributed by atoms with Gasteiger partial charge in [-0.2, -0.15) is 5.10 Å². The SMILES string of the molecule is Cc1ccc(F)cc1C(=O)NC(c1ccc(F)cc1)c1cnn(C)c1. The monoisotopic (exact) mass is 341 g/mol. The maximum absolute atomic E-state index is 13.5. The zero-order valence-electron chi connectivity index (χ0n) is 13.8. The van der Waals surface area contributed by atoms with Crippen molar-refractivity contribution in [3.63, 3.8) is 0 Å². The van der Waals surface area contributed by atoms with Crippen molar-refractivity contribution in [2.45, 2.75) is 13.0 Å². The Labute approximate surface area is 144 Å². The van der Waals surface area contributed by atoms with Gasteiger partial charge in [0.1, 0.15) is 11.6 Å². The van der Waals surface area contributed by atoms with E-state index in [2.05, 4.69) is 10.4 Å². The number of halogens is 2. The highest BCUT2D eigenvalue weighted by atomic mass is 19.1. The Bertz CT molecular complexity index is 903. The van der Waals surface area contributed by atoms with Crippen LogP contribution in [0.5, 0.6) is 0 Å². The third-order valence-corrected chi connectivity index (χ3v) is 3.98. The number of nitrogens with one attached hydrogen (secondary N) is 1. The second-order valence-electron chi connectivity index (χ2n) is 5.86. The summed E-state index contributed by atoms with van der Waals surface area (Å²) in [4.78, 5) is 12.7. The zero-order chi connectivity index (χ0) is 18.0. The Hall–Kier alpha value is -3.02. The molecule has 1 aromatic heterocycles. The van der Waals surface area contributed by atoms with Gasteiger partial charge in [0.25, 0.3) is 5.91 Å². The maximum Gasteiger partial charge on any atom is 0.252 e. The summed E-state index contributed by atoms with van der Waals surface area (Å²) in [5.41, 5.74) is 2.38. The lowest BCUT2D eigenvalue weighted by Gasteiger charge is -2.19. The Morgan fingerprint density at radius 2 is 1.76 bits per heavy atom. The summed E-state index contributed by atoms with van der Waals surface area (Å²) < 4.78 is 28.4. The lowest BCUT2D eigenvalue weighted by atomic mass is 10.00. The van der Waals surface area contributed by atoms with Crippen LogP contribution in [0, 0.1) is 18.6 Å². The van der Waals surface area contributed by atoms with Gasteiger partial charge in [-0.1, -0.05) is 18.2 Å². The lowest BCUT2D eigenvalue weighted by molar-refractivity contribution is 0.0942. The summed E-state index contributed by atoms with van der Waals surface area (Å²) in [6.07, 6.45) is 3.40. The number of amides is 1. The van der Waals surface area contributed by atoms with Gasteiger partial charge in [-0.05, 0) is 42.3 Å². The molecule has 0 saturated heterocycles. The van der Waals surface area contributed by atoms with Gasteiger partial charge >= 0.3 is 0 Å². The van der Waals surface area contributed by atoms with E-state index >= 15 is 0 Å². The van der Waals surface area contributed by atoms with Crippen molar-refractivity contribution < 1.29 is 13.6 Å². The van der Waals surface area contributed by atoms with Gasteiger partial charge in [0.05, 0.1) is 12.2 Å². The van der Waals surface area contributed by atoms with Crippen molar-refractivity contribution in [1.29, 1.82) is 0 Å². The topological polar surface area (TPSA) is 46.9 Å². The van der Waals surface area contributed by atoms with Crippen molar-refractivity contribution in [2.75, 3.05) is 0 Å². The van der Waals surface area contributed by atoms with Crippen LogP contribution in [0.25, 0.3) is 0 Å². The number of carbonyl (C=O) groups excluding carboxylic acids is 1. The molecule has 0 aliphatic rings. The van der Waals surface area contributed by atoms with E-state index in [0.717, 1.165) is 5.56 Å². The second kappa shape index (κ2) is 6.84. The maximum atomic E-state index is 13.5. The molecule has 1 unspecified atom stereocenters. The third kappa shape index (κ3) is 3.74. The molecule has 3 rings (SSSR count). The fraction of sp³-hybridized carbons (Fsp3) is 0.158. The van der Waals surface area contributed by atoms with Crippen molar-refractivity contribution in [2.24, 2.45) is 7.05 Å². The highest BCUT2D eigenvalue weighted by Crippen LogP contribution is 2.23. The quantitative estimate of drug-likeness (QED) is 0.789. The second-order valence-corrected chi connectivity index (χ2v) is 5.86. The van der Waals surface area contributed by atoms with Crippen LogP contribution in [0.1, 0.15) is 33.1 Å². The van der Waals surface area contributed by atoms with Crippen molar-refractivity contribution in [1.82, 2.24) is 15.1 Å². The van der Waals surface area contributed by atoms with E-state index < -0.39 is 17.8 Å². The Morgan fingerprint density at radius 3 is 2.40 bits per heavy atom. The molecular weight excluding hydrogens is 324 g/mol. The van der Waals surface area contributed by atoms with Crippen LogP contribution >= 0.6 is 0 Å². The van der Waals surface area contributed by atoms with E-state index in [0.29, 0.717) is 11.1 Å². The minimum Gasteiger partial charge on any atom is -0.341 e. The fourth-order valence-electron chi connectivity index (χ4n) is 2.65. The summed E-state index contributed by atoms with van der Waals surface area (Å²) in [6.45, 7) is 1.74. The molecule has 0 spiro atoms. The van der Waals surface area contributed by atoms with Crippen LogP contribution in [0.3, 0.4) is 0 Å². The molecule has 1 N–H and O–H groups in total. The minimum atomic E-state index is -0.524. The summed E-state index contributed by atoms with van der Waals surface area (Å²) in [6, 6.07) is 9.42. The van der Waals surface area contributed by atoms with Crippen molar-refractivity contribution in [3.8, 4) is 0 Å². The molecule has 4 nitrogen and oxygen atoms in total. The summed E-state index contributed by atoms with van der Waals surface area (Å²) in [7, 11) is 1.77. The molecule has 1 heterocycles. The van der Waals surface area contributed by atoms with E-state index in [4.69, 9.17) is 0 Å². The highest BCUT2D eigenvalue weighted by Gasteiger charge is 2.20. The number of aryl methyl sites for hydroxylation is 2. The van der Waals surface area contributed by atoms with Crippen LogP contribution in [0.4, 0.5) is 8.78 Å². The first-order valence-corrected chi connectivity index (χ1v) is 7.75. The molecule has 0 aliphatic heterocycles. The molecule has 0 aliphatic carbocycles. The molecular formula is C19H17F2N3O. The highest BCUT2D eigenvalue weighted by molar-refractivity contribution is 5.96. The molecule has 1 amide bonds. The first-order valence-electron chi connectivity index (χ1n) is 7.75. The first-order chi connectivity index (χ1) is 11.9. The Balaban J connectivity index is 1.96. The van der Waals surface area contributed by atoms with Gasteiger partial charge in [-0.25, -0.2) is 8.78 Å². The number of hydrogen-bond acceptors (Lipinski definition) is 2. The van der Waals surface area contributed by atoms with Gasteiger partial charge < -0.3 is 5.32 Å². The van der Waals surface area contributed by atoms with Crippen LogP contribution in [0.2, 0.25) is 0 Å². The standard InChI is InChI=1S/C19H17F2N3O/c1-12-3-6-16(21)9-17(12)19(25)23-18(14-10-22-24(2)11-14)13-4-7-15(20)8-5-13/h3-11,18H,1-2H3,(H,23,25). The number of rotatable bonds is 4. The van der Waals surface area contributed by atoms with Gasteiger partial charge in [0.15, 0.2) is 0 Å². The molecule has 3 aromatic rings. The molecule has 0 bridgehead atoms. The summed E-state index contributed by atoms with van der Waals surface area (Å²) in [5.74, 6) is -1.24. The number of carbonyl (C=O) groups is 1. The third-order valence-electron chi connectivity index (χ3n) is 3.98. The van der Waals surface area contributed by atoms with Gasteiger partial charge in [0, 0.05) is 24.4 Å². The first kappa shape index (κ1) is 16.8. The molecule has 25 heavy (non-hydrogen) atoms. The number of nitrogens with zero attached hydrogens (tertiary/aromatic N) is 2. The molecule has 1 atom stereocenters. The minimum absolute atomic E-state index is 0.260. The molecule has 0 fully saturated rings. The smallest absolute Gasteiger partial charge is 0.252 e. The molecule has 128 valence electrons. The van der Waals surface area contributed by atoms with Gasteiger partial charge in [0.2, 0.25) is 0 Å². The predicted molar refractivity (Wildman–Crippen MR) is 90.1 cm³/mol. The van der Waals surface area contributed by atoms with E-state index in [9.17, 15) is 13.6 Å². The van der Waals surface area contributed by atoms with E-state index in [1.807, 2.05) is 0 Å². The number of aromatic nitrogens is 2. The van der Waals surface area contributed by atoms with Crippen LogP contribution in [-0.4, -0.2) is 15.7 Å². The van der Waals surface area contributed by atoms with E-state index in [1.54, 1.807) is 49.2 Å². The number of benzene rings is 2. The number of hydrogen-bond donors (Lipinski definition) is 1. The summed E-state index contributed by atoms with van der Waals surface area (Å²) >= 11 is 0. The van der Waals surface area contributed by atoms with E-state index in [-0.39, 0.29) is 11.4 Å². The zero-order valence-corrected chi connectivity index (χ0v) is 13.8. The predicted octanol–water partition coefficient (Wildman–Crippen LogP) is 3.53. The van der Waals surface area contributed by atoms with Gasteiger partial charge in [-0.15, -0.1) is 0 Å². The van der Waals surface area contributed by atoms with Crippen LogP contribution in [0.15, 0.2) is 54.9 Å². The molecule has 0 saturated carbocycles. The van der Waals surface area contributed by atoms with Crippen molar-refractivity contribution in [3.05, 3.63) is 88.7 Å². The Morgan fingerprint density at radius 1 is 1.08 bits per heavy atom. The largest absolute Gasteiger partial charge is 0.341 e. The van der Waals surface area contributed by atoms with Gasteiger partial charge in [-0.3, -0.25) is 9.48 Å². The van der Waals surface area contributed by atoms with Crippen LogP contribution < -0.4 is 5.32 Å². The van der Waals surface area contributed by atoms with Crippen LogP contribution in [-0.2, 0) is 7.05 Å². The summed E-state index contributed by atoms with van der Waals surface area (Å²) in [5, 5.41) is 7.01. The van der Waals surface area contributed by atoms with Crippen molar-refractivity contribution >= 4 is 5.91 Å². The molecule has 2 aromatic carbocycles. The average molecular weight is 341 g/mol. The fourth-order valence-corrected chi connectivity index (χ4v) is 2.65. The average Bonchev–Trinajstić information content (AvgIpc) is 3.02. The molecule has 6 heteroatoms. The molecule has 0 radical (unpaired) electrons. The van der Waals surface area contributed by atoms with E-state index in [1.165, 1.54) is 24.3 Å². The lowest BCUT2D eigenvalue weighted by Crippen LogP contribution is -2.29. The Kier molecular flexibility index (Phi) is 4.61.